The molecule has 3 nitrogen and oxygen atoms in total. The van der Waals surface area contributed by atoms with Crippen LogP contribution in [-0.4, -0.2) is 13.0 Å². The minimum absolute atomic E-state index is 0.390. The molecule has 2 fully saturated rings. The molecule has 0 heterocycles. The van der Waals surface area contributed by atoms with E-state index in [4.69, 9.17) is 10.5 Å². The van der Waals surface area contributed by atoms with Crippen molar-refractivity contribution in [3.63, 3.8) is 0 Å². The van der Waals surface area contributed by atoms with Gasteiger partial charge in [-0.05, 0) is 85.0 Å². The van der Waals surface area contributed by atoms with Crippen LogP contribution in [0.25, 0.3) is 0 Å². The predicted molar refractivity (Wildman–Crippen MR) is 90.7 cm³/mol. The Morgan fingerprint density at radius 2 is 2.09 bits per heavy atom. The Bertz CT molecular complexity index is 653. The van der Waals surface area contributed by atoms with Gasteiger partial charge in [-0.1, -0.05) is 13.3 Å². The first kappa shape index (κ1) is 15.0. The maximum atomic E-state index is 11.7. The number of carbonyl (C=O) groups excluding carboxylic acids is 1. The summed E-state index contributed by atoms with van der Waals surface area (Å²) in [6.07, 6.45) is 9.19. The highest BCUT2D eigenvalue weighted by atomic mass is 16.5. The Morgan fingerprint density at radius 3 is 2.83 bits per heavy atom. The van der Waals surface area contributed by atoms with Gasteiger partial charge in [0.1, 0.15) is 5.75 Å². The third-order valence-corrected chi connectivity index (χ3v) is 7.09. The van der Waals surface area contributed by atoms with E-state index in [1.54, 1.807) is 7.11 Å². The van der Waals surface area contributed by atoms with Gasteiger partial charge in [0.05, 0.1) is 12.7 Å². The fourth-order valence-electron chi connectivity index (χ4n) is 5.95. The molecule has 124 valence electrons. The van der Waals surface area contributed by atoms with Crippen LogP contribution in [0, 0.1) is 17.3 Å². The van der Waals surface area contributed by atoms with Crippen LogP contribution in [-0.2, 0) is 6.42 Å². The number of carbonyl (C=O) groups is 1. The van der Waals surface area contributed by atoms with Gasteiger partial charge >= 0.3 is 0 Å². The van der Waals surface area contributed by atoms with Gasteiger partial charge in [-0.15, -0.1) is 0 Å². The lowest BCUT2D eigenvalue weighted by molar-refractivity contribution is 0.0597. The molecule has 2 saturated carbocycles. The molecule has 1 aromatic carbocycles. The molecule has 0 radical (unpaired) electrons. The Balaban J connectivity index is 1.74. The molecule has 0 unspecified atom stereocenters. The van der Waals surface area contributed by atoms with Crippen molar-refractivity contribution in [2.24, 2.45) is 23.0 Å². The quantitative estimate of drug-likeness (QED) is 0.896. The summed E-state index contributed by atoms with van der Waals surface area (Å²) in [7, 11) is 1.63. The Hall–Kier alpha value is -1.51. The van der Waals surface area contributed by atoms with Crippen LogP contribution in [0.2, 0.25) is 0 Å². The second-order valence-electron chi connectivity index (χ2n) is 8.12. The average molecular weight is 313 g/mol. The van der Waals surface area contributed by atoms with Crippen molar-refractivity contribution >= 4 is 5.91 Å². The van der Waals surface area contributed by atoms with E-state index < -0.39 is 5.91 Å². The van der Waals surface area contributed by atoms with E-state index in [0.29, 0.717) is 22.6 Å². The largest absolute Gasteiger partial charge is 0.496 e. The SMILES string of the molecule is COc1cc2c(cc1C(N)=O)CC[C@@H]1[C@@H]2CC[C@]2(C)CCC[C@@H]12. The van der Waals surface area contributed by atoms with Crippen LogP contribution >= 0.6 is 0 Å². The average Bonchev–Trinajstić information content (AvgIpc) is 2.94. The molecule has 3 aliphatic carbocycles. The highest BCUT2D eigenvalue weighted by molar-refractivity contribution is 5.96. The second-order valence-corrected chi connectivity index (χ2v) is 8.12. The van der Waals surface area contributed by atoms with Gasteiger partial charge in [-0.25, -0.2) is 0 Å². The predicted octanol–water partition coefficient (Wildman–Crippen LogP) is 4.04. The molecule has 1 aromatic rings. The number of benzene rings is 1. The minimum Gasteiger partial charge on any atom is -0.496 e. The van der Waals surface area contributed by atoms with Crippen LogP contribution < -0.4 is 10.5 Å². The molecule has 0 saturated heterocycles. The first-order valence-corrected chi connectivity index (χ1v) is 9.04. The number of nitrogens with two attached hydrogens (primary N) is 1. The summed E-state index contributed by atoms with van der Waals surface area (Å²) in [5.74, 6) is 2.60. The third-order valence-electron chi connectivity index (χ3n) is 7.09. The monoisotopic (exact) mass is 313 g/mol. The number of methoxy groups -OCH3 is 1. The van der Waals surface area contributed by atoms with Gasteiger partial charge in [-0.3, -0.25) is 4.79 Å². The number of fused-ring (bicyclic) bond motifs is 5. The molecule has 23 heavy (non-hydrogen) atoms. The zero-order chi connectivity index (χ0) is 16.2. The van der Waals surface area contributed by atoms with Crippen molar-refractivity contribution in [2.45, 2.75) is 57.8 Å². The topological polar surface area (TPSA) is 52.3 Å². The second kappa shape index (κ2) is 5.25. The van der Waals surface area contributed by atoms with Crippen LogP contribution in [0.5, 0.6) is 5.75 Å². The van der Waals surface area contributed by atoms with Crippen LogP contribution in [0.15, 0.2) is 12.1 Å². The fraction of sp³-hybridized carbons (Fsp3) is 0.650. The van der Waals surface area contributed by atoms with Gasteiger partial charge in [0.15, 0.2) is 0 Å². The van der Waals surface area contributed by atoms with E-state index in [1.807, 2.05) is 6.07 Å². The highest BCUT2D eigenvalue weighted by Gasteiger charge is 2.50. The lowest BCUT2D eigenvalue weighted by atomic mass is 9.56. The fourth-order valence-corrected chi connectivity index (χ4v) is 5.95. The van der Waals surface area contributed by atoms with E-state index in [0.717, 1.165) is 18.3 Å². The maximum Gasteiger partial charge on any atom is 0.252 e. The molecular formula is C20H27NO2. The summed E-state index contributed by atoms with van der Waals surface area (Å²) in [5.41, 5.74) is 9.39. The molecule has 0 spiro atoms. The number of amides is 1. The summed E-state index contributed by atoms with van der Waals surface area (Å²) >= 11 is 0. The van der Waals surface area contributed by atoms with Crippen molar-refractivity contribution < 1.29 is 9.53 Å². The number of hydrogen-bond acceptors (Lipinski definition) is 2. The standard InChI is InChI=1S/C20H27NO2/c1-20-8-3-4-17(20)14-6-5-12-10-16(19(21)22)18(23-2)11-15(12)13(14)7-9-20/h10-11,13-14,17H,3-9H2,1-2H3,(H2,21,22)/t13-,14+,17-,20-/m0/s1. The van der Waals surface area contributed by atoms with Crippen molar-refractivity contribution in [3.05, 3.63) is 28.8 Å². The zero-order valence-electron chi connectivity index (χ0n) is 14.2. The Morgan fingerprint density at radius 1 is 1.26 bits per heavy atom. The number of primary amides is 1. The Labute approximate surface area is 138 Å². The highest BCUT2D eigenvalue weighted by Crippen LogP contribution is 2.61. The van der Waals surface area contributed by atoms with E-state index >= 15 is 0 Å². The zero-order valence-corrected chi connectivity index (χ0v) is 14.2. The molecule has 4 rings (SSSR count). The summed E-state index contributed by atoms with van der Waals surface area (Å²) in [6, 6.07) is 4.11. The first-order valence-electron chi connectivity index (χ1n) is 9.04. The van der Waals surface area contributed by atoms with E-state index in [-0.39, 0.29) is 0 Å². The molecule has 1 amide bonds. The maximum absolute atomic E-state index is 11.7. The van der Waals surface area contributed by atoms with Crippen LogP contribution in [0.1, 0.15) is 72.9 Å². The molecule has 3 heteroatoms. The van der Waals surface area contributed by atoms with E-state index in [9.17, 15) is 4.79 Å². The summed E-state index contributed by atoms with van der Waals surface area (Å²) < 4.78 is 5.46. The van der Waals surface area contributed by atoms with E-state index in [1.165, 1.54) is 49.7 Å². The molecule has 0 aliphatic heterocycles. The Kier molecular flexibility index (Phi) is 3.44. The molecule has 0 aromatic heterocycles. The summed E-state index contributed by atoms with van der Waals surface area (Å²) in [5, 5.41) is 0. The third kappa shape index (κ3) is 2.20. The molecule has 2 N–H and O–H groups in total. The molecular weight excluding hydrogens is 286 g/mol. The lowest BCUT2D eigenvalue weighted by Crippen LogP contribution is -2.39. The lowest BCUT2D eigenvalue weighted by Gasteiger charge is -2.49. The van der Waals surface area contributed by atoms with Crippen molar-refractivity contribution in [2.75, 3.05) is 7.11 Å². The number of aryl methyl sites for hydroxylation is 1. The van der Waals surface area contributed by atoms with Crippen molar-refractivity contribution in [3.8, 4) is 5.75 Å². The summed E-state index contributed by atoms with van der Waals surface area (Å²) in [6.45, 7) is 2.52. The van der Waals surface area contributed by atoms with Crippen molar-refractivity contribution in [1.29, 1.82) is 0 Å². The van der Waals surface area contributed by atoms with Gasteiger partial charge in [0.25, 0.3) is 5.91 Å². The van der Waals surface area contributed by atoms with E-state index in [2.05, 4.69) is 13.0 Å². The van der Waals surface area contributed by atoms with Gasteiger partial charge in [0, 0.05) is 0 Å². The minimum atomic E-state index is -0.390. The summed E-state index contributed by atoms with van der Waals surface area (Å²) in [4.78, 5) is 11.7. The van der Waals surface area contributed by atoms with Crippen LogP contribution in [0.3, 0.4) is 0 Å². The number of ether oxygens (including phenoxy) is 1. The molecule has 4 atom stereocenters. The van der Waals surface area contributed by atoms with Gasteiger partial charge in [0.2, 0.25) is 0 Å². The smallest absolute Gasteiger partial charge is 0.252 e. The van der Waals surface area contributed by atoms with Crippen LogP contribution in [0.4, 0.5) is 0 Å². The number of rotatable bonds is 2. The first-order chi connectivity index (χ1) is 11.0. The van der Waals surface area contributed by atoms with Gasteiger partial charge < -0.3 is 10.5 Å². The normalized spacial score (nSPS) is 35.1. The number of hydrogen-bond donors (Lipinski definition) is 1. The van der Waals surface area contributed by atoms with Crippen molar-refractivity contribution in [1.82, 2.24) is 0 Å². The molecule has 3 aliphatic rings. The molecule has 0 bridgehead atoms. The van der Waals surface area contributed by atoms with Gasteiger partial charge in [-0.2, -0.15) is 0 Å².